The Kier molecular flexibility index (Phi) is 6.60. The van der Waals surface area contributed by atoms with Crippen LogP contribution in [0.1, 0.15) is 29.8 Å². The maximum atomic E-state index is 13.5. The van der Waals surface area contributed by atoms with Crippen LogP contribution >= 0.6 is 23.2 Å². The fourth-order valence-corrected chi connectivity index (χ4v) is 5.22. The average Bonchev–Trinajstić information content (AvgIpc) is 3.67. The SMILES string of the molecule is COC(=O)Nc1ccc(-c2nc([C@@H]3CCc4nc(-c5cc(Cl)ccc5-n5cc(Cl)nn5)cc(=O)n43)[nH]c2C)cc1. The van der Waals surface area contributed by atoms with E-state index in [1.165, 1.54) is 17.9 Å². The number of halogens is 2. The van der Waals surface area contributed by atoms with Gasteiger partial charge in [-0.1, -0.05) is 40.5 Å². The molecule has 0 fully saturated rings. The zero-order chi connectivity index (χ0) is 28.0. The van der Waals surface area contributed by atoms with Crippen LogP contribution in [0.3, 0.4) is 0 Å². The number of benzene rings is 2. The van der Waals surface area contributed by atoms with Crippen LogP contribution in [-0.4, -0.2) is 47.7 Å². The number of aryl methyl sites for hydroxylation is 2. The van der Waals surface area contributed by atoms with Gasteiger partial charge in [-0.3, -0.25) is 14.7 Å². The van der Waals surface area contributed by atoms with Gasteiger partial charge in [0.25, 0.3) is 5.56 Å². The third kappa shape index (κ3) is 4.74. The number of aromatic amines is 1. The van der Waals surface area contributed by atoms with Crippen LogP contribution in [-0.2, 0) is 11.2 Å². The van der Waals surface area contributed by atoms with Crippen LogP contribution in [0.2, 0.25) is 10.2 Å². The molecular weight excluding hydrogens is 555 g/mol. The third-order valence-electron chi connectivity index (χ3n) is 6.73. The first kappa shape index (κ1) is 25.8. The second kappa shape index (κ2) is 10.2. The summed E-state index contributed by atoms with van der Waals surface area (Å²) in [4.78, 5) is 38.0. The predicted molar refractivity (Wildman–Crippen MR) is 150 cm³/mol. The summed E-state index contributed by atoms with van der Waals surface area (Å²) in [6, 6.07) is 13.7. The molecule has 0 aliphatic carbocycles. The van der Waals surface area contributed by atoms with Crippen molar-refractivity contribution in [2.45, 2.75) is 25.8 Å². The van der Waals surface area contributed by atoms with Gasteiger partial charge in [0, 0.05) is 40.0 Å². The van der Waals surface area contributed by atoms with Crippen LogP contribution < -0.4 is 10.9 Å². The Morgan fingerprint density at radius 2 is 1.93 bits per heavy atom. The summed E-state index contributed by atoms with van der Waals surface area (Å²) in [5.74, 6) is 1.34. The van der Waals surface area contributed by atoms with E-state index in [1.807, 2.05) is 19.1 Å². The predicted octanol–water partition coefficient (Wildman–Crippen LogP) is 5.21. The number of methoxy groups -OCH3 is 1. The van der Waals surface area contributed by atoms with Gasteiger partial charge in [0.05, 0.1) is 36.4 Å². The van der Waals surface area contributed by atoms with Crippen molar-refractivity contribution in [3.8, 4) is 28.2 Å². The standard InChI is InChI=1S/C27H22Cl2N8O3/c1-14-25(15-3-6-17(7-4-15)31-27(39)40-2)33-26(30-14)21-9-10-23-32-19(12-24(38)37(21)23)18-11-16(28)5-8-20(18)36-13-22(29)34-35-36/h3-8,11-13,21H,9-10H2,1-2H3,(H,30,33)(H,31,39)/t21-/m0/s1. The Morgan fingerprint density at radius 1 is 1.12 bits per heavy atom. The van der Waals surface area contributed by atoms with Crippen LogP contribution in [0, 0.1) is 6.92 Å². The molecule has 13 heteroatoms. The normalized spacial score (nSPS) is 14.2. The van der Waals surface area contributed by atoms with Crippen molar-refractivity contribution < 1.29 is 9.53 Å². The highest BCUT2D eigenvalue weighted by atomic mass is 35.5. The molecule has 0 bridgehead atoms. The summed E-state index contributed by atoms with van der Waals surface area (Å²) in [7, 11) is 1.31. The molecule has 0 radical (unpaired) electrons. The van der Waals surface area contributed by atoms with Gasteiger partial charge >= 0.3 is 6.09 Å². The summed E-state index contributed by atoms with van der Waals surface area (Å²) in [6.07, 6.45) is 2.30. The van der Waals surface area contributed by atoms with E-state index >= 15 is 0 Å². The van der Waals surface area contributed by atoms with Gasteiger partial charge in [-0.05, 0) is 43.7 Å². The first-order valence-corrected chi connectivity index (χ1v) is 13.1. The number of rotatable bonds is 5. The van der Waals surface area contributed by atoms with Gasteiger partial charge in [-0.15, -0.1) is 5.10 Å². The minimum absolute atomic E-state index is 0.195. The van der Waals surface area contributed by atoms with Crippen LogP contribution in [0.4, 0.5) is 10.5 Å². The molecule has 3 aromatic heterocycles. The number of carbonyl (C=O) groups excluding carboxylic acids is 1. The number of aromatic nitrogens is 7. The second-order valence-corrected chi connectivity index (χ2v) is 10.1. The zero-order valence-corrected chi connectivity index (χ0v) is 22.9. The highest BCUT2D eigenvalue weighted by Gasteiger charge is 2.30. The molecular formula is C27H22Cl2N8O3. The number of hydrogen-bond donors (Lipinski definition) is 2. The number of nitrogens with zero attached hydrogens (tertiary/aromatic N) is 6. The van der Waals surface area contributed by atoms with E-state index in [9.17, 15) is 9.59 Å². The molecule has 1 amide bonds. The third-order valence-corrected chi connectivity index (χ3v) is 7.14. The van der Waals surface area contributed by atoms with Crippen molar-refractivity contribution in [1.82, 2.24) is 34.5 Å². The van der Waals surface area contributed by atoms with Crippen LogP contribution in [0.25, 0.3) is 28.2 Å². The van der Waals surface area contributed by atoms with Crippen molar-refractivity contribution in [2.75, 3.05) is 12.4 Å². The highest BCUT2D eigenvalue weighted by molar-refractivity contribution is 6.31. The van der Waals surface area contributed by atoms with Crippen molar-refractivity contribution in [3.63, 3.8) is 0 Å². The van der Waals surface area contributed by atoms with Gasteiger partial charge in [0.1, 0.15) is 11.6 Å². The minimum Gasteiger partial charge on any atom is -0.453 e. The highest BCUT2D eigenvalue weighted by Crippen LogP contribution is 2.33. The van der Waals surface area contributed by atoms with E-state index in [4.69, 9.17) is 33.2 Å². The molecule has 1 atom stereocenters. The van der Waals surface area contributed by atoms with E-state index < -0.39 is 6.09 Å². The van der Waals surface area contributed by atoms with Crippen LogP contribution in [0.5, 0.6) is 0 Å². The van der Waals surface area contributed by atoms with Gasteiger partial charge < -0.3 is 9.72 Å². The van der Waals surface area contributed by atoms with E-state index in [0.717, 1.165) is 17.0 Å². The fraction of sp³-hybridized carbons (Fsp3) is 0.185. The number of ether oxygens (including phenoxy) is 1. The Hall–Kier alpha value is -4.48. The van der Waals surface area contributed by atoms with Crippen molar-refractivity contribution in [3.05, 3.63) is 92.6 Å². The Labute approximate surface area is 237 Å². The molecule has 4 heterocycles. The number of anilines is 1. The monoisotopic (exact) mass is 576 g/mol. The first-order chi connectivity index (χ1) is 19.3. The topological polar surface area (TPSA) is 133 Å². The molecule has 2 N–H and O–H groups in total. The van der Waals surface area contributed by atoms with E-state index in [1.54, 1.807) is 41.1 Å². The molecule has 40 heavy (non-hydrogen) atoms. The number of H-pyrrole nitrogens is 1. The lowest BCUT2D eigenvalue weighted by Gasteiger charge is -2.14. The maximum absolute atomic E-state index is 13.5. The summed E-state index contributed by atoms with van der Waals surface area (Å²) < 4.78 is 7.84. The van der Waals surface area contributed by atoms with E-state index in [-0.39, 0.29) is 16.8 Å². The largest absolute Gasteiger partial charge is 0.453 e. The fourth-order valence-electron chi connectivity index (χ4n) is 4.92. The molecule has 2 aromatic carbocycles. The average molecular weight is 577 g/mol. The lowest BCUT2D eigenvalue weighted by Crippen LogP contribution is -2.25. The second-order valence-electron chi connectivity index (χ2n) is 9.26. The molecule has 202 valence electrons. The summed E-state index contributed by atoms with van der Waals surface area (Å²) in [5, 5.41) is 11.3. The van der Waals surface area contributed by atoms with Crippen molar-refractivity contribution in [1.29, 1.82) is 0 Å². The Morgan fingerprint density at radius 3 is 2.65 bits per heavy atom. The lowest BCUT2D eigenvalue weighted by molar-refractivity contribution is 0.187. The minimum atomic E-state index is -0.539. The molecule has 5 aromatic rings. The number of hydrogen-bond acceptors (Lipinski definition) is 7. The van der Waals surface area contributed by atoms with Gasteiger partial charge in [-0.25, -0.2) is 19.4 Å². The summed E-state index contributed by atoms with van der Waals surface area (Å²) in [5.41, 5.74) is 4.68. The molecule has 1 aliphatic rings. The number of carbonyl (C=O) groups is 1. The molecule has 6 rings (SSSR count). The molecule has 0 saturated carbocycles. The van der Waals surface area contributed by atoms with Crippen molar-refractivity contribution in [2.24, 2.45) is 0 Å². The van der Waals surface area contributed by atoms with Gasteiger partial charge in [0.15, 0.2) is 5.15 Å². The van der Waals surface area contributed by atoms with Crippen LogP contribution in [0.15, 0.2) is 59.5 Å². The molecule has 1 aliphatic heterocycles. The molecule has 11 nitrogen and oxygen atoms in total. The number of imidazole rings is 1. The molecule has 0 unspecified atom stereocenters. The summed E-state index contributed by atoms with van der Waals surface area (Å²) >= 11 is 12.3. The van der Waals surface area contributed by atoms with E-state index in [2.05, 4.69) is 25.3 Å². The Balaban J connectivity index is 1.33. The number of fused-ring (bicyclic) bond motifs is 1. The summed E-state index contributed by atoms with van der Waals surface area (Å²) in [6.45, 7) is 1.93. The van der Waals surface area contributed by atoms with E-state index in [0.29, 0.717) is 52.1 Å². The number of amides is 1. The zero-order valence-electron chi connectivity index (χ0n) is 21.4. The lowest BCUT2D eigenvalue weighted by atomic mass is 10.1. The maximum Gasteiger partial charge on any atom is 0.411 e. The smallest absolute Gasteiger partial charge is 0.411 e. The van der Waals surface area contributed by atoms with Gasteiger partial charge in [-0.2, -0.15) is 0 Å². The van der Waals surface area contributed by atoms with Gasteiger partial charge in [0.2, 0.25) is 0 Å². The van der Waals surface area contributed by atoms with Crippen molar-refractivity contribution >= 4 is 35.0 Å². The molecule has 0 saturated heterocycles. The first-order valence-electron chi connectivity index (χ1n) is 12.3. The number of nitrogens with one attached hydrogen (secondary N) is 2. The quantitative estimate of drug-likeness (QED) is 0.293. The Bertz CT molecular complexity index is 1810. The molecule has 0 spiro atoms.